The summed E-state index contributed by atoms with van der Waals surface area (Å²) in [4.78, 5) is 28.0. The minimum Gasteiger partial charge on any atom is -0.333 e. The van der Waals surface area contributed by atoms with E-state index in [1.165, 1.54) is 0 Å². The van der Waals surface area contributed by atoms with Gasteiger partial charge in [0.25, 0.3) is 0 Å². The second kappa shape index (κ2) is 10.7. The molecule has 6 nitrogen and oxygen atoms in total. The van der Waals surface area contributed by atoms with Crippen molar-refractivity contribution in [2.75, 3.05) is 18.4 Å². The van der Waals surface area contributed by atoms with Crippen LogP contribution in [-0.2, 0) is 15.0 Å². The van der Waals surface area contributed by atoms with Crippen LogP contribution >= 0.6 is 0 Å². The maximum absolute atomic E-state index is 13.3. The molecule has 0 saturated carbocycles. The number of nitrogens with one attached hydrogen (secondary N) is 1. The highest BCUT2D eigenvalue weighted by atomic mass is 16.2. The second-order valence-electron chi connectivity index (χ2n) is 9.69. The van der Waals surface area contributed by atoms with Gasteiger partial charge in [-0.25, -0.2) is 4.68 Å². The summed E-state index contributed by atoms with van der Waals surface area (Å²) in [5.74, 6) is 0.0553. The Bertz CT molecular complexity index is 1130. The van der Waals surface area contributed by atoms with Crippen LogP contribution in [-0.4, -0.2) is 39.6 Å². The summed E-state index contributed by atoms with van der Waals surface area (Å²) in [6.07, 6.45) is 0.677. The van der Waals surface area contributed by atoms with Crippen LogP contribution in [0.15, 0.2) is 60.7 Å². The summed E-state index contributed by atoms with van der Waals surface area (Å²) >= 11 is 0. The fourth-order valence-corrected chi connectivity index (χ4v) is 3.95. The number of anilines is 1. The zero-order valence-corrected chi connectivity index (χ0v) is 21.1. The highest BCUT2D eigenvalue weighted by Gasteiger charge is 2.26. The van der Waals surface area contributed by atoms with Crippen LogP contribution in [0.1, 0.15) is 63.8 Å². The van der Waals surface area contributed by atoms with Crippen molar-refractivity contribution in [2.24, 2.45) is 0 Å². The standard InChI is InChI=1S/C28H36N4O2/c1-7-23(21-14-10-9-11-15-21)27(34)31(8-2)19-26(33)29-25-18-24(28(4,5)6)30-32(25)22-16-12-13-20(3)17-22/h9-18,23H,7-8,19H2,1-6H3,(H,29,33). The average Bonchev–Trinajstić information content (AvgIpc) is 3.23. The smallest absolute Gasteiger partial charge is 0.245 e. The summed E-state index contributed by atoms with van der Waals surface area (Å²) in [7, 11) is 0. The van der Waals surface area contributed by atoms with E-state index in [1.807, 2.05) is 81.4 Å². The quantitative estimate of drug-likeness (QED) is 0.485. The number of carbonyl (C=O) groups is 2. The van der Waals surface area contributed by atoms with E-state index in [1.54, 1.807) is 9.58 Å². The van der Waals surface area contributed by atoms with Crippen LogP contribution in [0.2, 0.25) is 0 Å². The van der Waals surface area contributed by atoms with Crippen molar-refractivity contribution in [1.29, 1.82) is 0 Å². The molecule has 1 unspecified atom stereocenters. The molecule has 1 atom stereocenters. The maximum atomic E-state index is 13.3. The summed E-state index contributed by atoms with van der Waals surface area (Å²) < 4.78 is 1.77. The zero-order chi connectivity index (χ0) is 24.9. The van der Waals surface area contributed by atoms with Gasteiger partial charge in [0.2, 0.25) is 11.8 Å². The molecule has 6 heteroatoms. The van der Waals surface area contributed by atoms with E-state index in [2.05, 4.69) is 26.1 Å². The minimum absolute atomic E-state index is 0.0114. The van der Waals surface area contributed by atoms with Gasteiger partial charge in [-0.3, -0.25) is 9.59 Å². The van der Waals surface area contributed by atoms with Crippen molar-refractivity contribution >= 4 is 17.6 Å². The molecule has 1 N–H and O–H groups in total. The number of hydrogen-bond donors (Lipinski definition) is 1. The molecular weight excluding hydrogens is 424 g/mol. The van der Waals surface area contributed by atoms with Gasteiger partial charge in [0.05, 0.1) is 23.8 Å². The molecule has 3 rings (SSSR count). The van der Waals surface area contributed by atoms with Crippen LogP contribution in [0.25, 0.3) is 5.69 Å². The monoisotopic (exact) mass is 460 g/mol. The highest BCUT2D eigenvalue weighted by Crippen LogP contribution is 2.27. The molecule has 34 heavy (non-hydrogen) atoms. The number of aryl methyl sites for hydroxylation is 1. The fourth-order valence-electron chi connectivity index (χ4n) is 3.95. The Morgan fingerprint density at radius 1 is 1.03 bits per heavy atom. The lowest BCUT2D eigenvalue weighted by Crippen LogP contribution is -2.40. The van der Waals surface area contributed by atoms with Crippen molar-refractivity contribution < 1.29 is 9.59 Å². The first-order chi connectivity index (χ1) is 16.1. The van der Waals surface area contributed by atoms with E-state index >= 15 is 0 Å². The molecule has 0 saturated heterocycles. The van der Waals surface area contributed by atoms with Crippen LogP contribution < -0.4 is 5.32 Å². The van der Waals surface area contributed by atoms with Crippen molar-refractivity contribution in [3.63, 3.8) is 0 Å². The highest BCUT2D eigenvalue weighted by molar-refractivity contribution is 5.95. The summed E-state index contributed by atoms with van der Waals surface area (Å²) in [5.41, 5.74) is 3.66. The predicted octanol–water partition coefficient (Wildman–Crippen LogP) is 5.46. The van der Waals surface area contributed by atoms with Crippen LogP contribution in [0.4, 0.5) is 5.82 Å². The van der Waals surface area contributed by atoms with Crippen molar-refractivity contribution in [3.8, 4) is 5.69 Å². The van der Waals surface area contributed by atoms with Gasteiger partial charge in [0, 0.05) is 18.0 Å². The number of rotatable bonds is 8. The molecule has 0 bridgehead atoms. The van der Waals surface area contributed by atoms with E-state index in [0.29, 0.717) is 18.8 Å². The second-order valence-corrected chi connectivity index (χ2v) is 9.69. The van der Waals surface area contributed by atoms with Gasteiger partial charge in [-0.1, -0.05) is 70.2 Å². The molecule has 0 aliphatic heterocycles. The predicted molar refractivity (Wildman–Crippen MR) is 137 cm³/mol. The van der Waals surface area contributed by atoms with Gasteiger partial charge in [-0.15, -0.1) is 0 Å². The van der Waals surface area contributed by atoms with Gasteiger partial charge in [0.15, 0.2) is 0 Å². The topological polar surface area (TPSA) is 67.2 Å². The number of hydrogen-bond acceptors (Lipinski definition) is 3. The lowest BCUT2D eigenvalue weighted by Gasteiger charge is -2.25. The third kappa shape index (κ3) is 5.93. The van der Waals surface area contributed by atoms with E-state index < -0.39 is 0 Å². The Balaban J connectivity index is 1.83. The molecule has 180 valence electrons. The third-order valence-electron chi connectivity index (χ3n) is 5.93. The van der Waals surface area contributed by atoms with Crippen LogP contribution in [0, 0.1) is 6.92 Å². The van der Waals surface area contributed by atoms with Gasteiger partial charge in [-0.05, 0) is 43.5 Å². The van der Waals surface area contributed by atoms with Gasteiger partial charge in [-0.2, -0.15) is 5.10 Å². The fraction of sp³-hybridized carbons (Fsp3) is 0.393. The first kappa shape index (κ1) is 25.2. The maximum Gasteiger partial charge on any atom is 0.245 e. The van der Waals surface area contributed by atoms with Crippen LogP contribution in [0.5, 0.6) is 0 Å². The molecule has 2 amide bonds. The van der Waals surface area contributed by atoms with Gasteiger partial charge < -0.3 is 10.2 Å². The van der Waals surface area contributed by atoms with Crippen molar-refractivity contribution in [3.05, 3.63) is 77.5 Å². The number of likely N-dealkylation sites (N-methyl/N-ethyl adjacent to an activating group) is 1. The van der Waals surface area contributed by atoms with E-state index in [9.17, 15) is 9.59 Å². The van der Waals surface area contributed by atoms with Gasteiger partial charge in [0.1, 0.15) is 5.82 Å². The summed E-state index contributed by atoms with van der Waals surface area (Å²) in [6.45, 7) is 12.6. The Hall–Kier alpha value is -3.41. The molecule has 3 aromatic rings. The van der Waals surface area contributed by atoms with E-state index in [0.717, 1.165) is 22.5 Å². The summed E-state index contributed by atoms with van der Waals surface area (Å²) in [5, 5.41) is 7.79. The van der Waals surface area contributed by atoms with E-state index in [-0.39, 0.29) is 29.7 Å². The molecule has 0 radical (unpaired) electrons. The van der Waals surface area contributed by atoms with Crippen LogP contribution in [0.3, 0.4) is 0 Å². The molecule has 0 spiro atoms. The normalized spacial score (nSPS) is 12.3. The number of carbonyl (C=O) groups excluding carboxylic acids is 2. The molecule has 1 aromatic heterocycles. The Labute approximate surface area is 203 Å². The average molecular weight is 461 g/mol. The SMILES string of the molecule is CCC(C(=O)N(CC)CC(=O)Nc1cc(C(C)(C)C)nn1-c1cccc(C)c1)c1ccccc1. The number of aromatic nitrogens is 2. The lowest BCUT2D eigenvalue weighted by atomic mass is 9.92. The van der Waals surface area contributed by atoms with Crippen molar-refractivity contribution in [2.45, 2.75) is 59.3 Å². The molecule has 0 aliphatic carbocycles. The molecule has 2 aromatic carbocycles. The number of amides is 2. The molecule has 0 fully saturated rings. The Morgan fingerprint density at radius 3 is 2.32 bits per heavy atom. The molecule has 0 aliphatic rings. The largest absolute Gasteiger partial charge is 0.333 e. The van der Waals surface area contributed by atoms with Gasteiger partial charge >= 0.3 is 0 Å². The first-order valence-electron chi connectivity index (χ1n) is 11.9. The Morgan fingerprint density at radius 2 is 1.74 bits per heavy atom. The lowest BCUT2D eigenvalue weighted by molar-refractivity contribution is -0.135. The molecular formula is C28H36N4O2. The number of benzene rings is 2. The Kier molecular flexibility index (Phi) is 7.92. The van der Waals surface area contributed by atoms with Crippen molar-refractivity contribution in [1.82, 2.24) is 14.7 Å². The summed E-state index contributed by atoms with van der Waals surface area (Å²) in [6, 6.07) is 19.7. The first-order valence-corrected chi connectivity index (χ1v) is 11.9. The third-order valence-corrected chi connectivity index (χ3v) is 5.93. The zero-order valence-electron chi connectivity index (χ0n) is 21.1. The number of nitrogens with zero attached hydrogens (tertiary/aromatic N) is 3. The molecule has 1 heterocycles. The minimum atomic E-state index is -0.265. The van der Waals surface area contributed by atoms with E-state index in [4.69, 9.17) is 5.10 Å².